The van der Waals surface area contributed by atoms with Crippen molar-refractivity contribution in [2.75, 3.05) is 19.6 Å². The maximum Gasteiger partial charge on any atom is 0.326 e. The van der Waals surface area contributed by atoms with Crippen LogP contribution < -0.4 is 10.1 Å². The number of aromatic amines is 1. The molecule has 1 saturated heterocycles. The van der Waals surface area contributed by atoms with E-state index in [4.69, 9.17) is 21.3 Å². The SMILES string of the molecule is CC(C)Oc1cc(C#N)ccc1C1=N[C@@H](c2ccc(Cl)cc2)[C@@H](c2ccc[nH]2)N1C(=O)N1CCNC(=O)C1. The summed E-state index contributed by atoms with van der Waals surface area (Å²) in [6.45, 7) is 4.49. The topological polar surface area (TPSA) is 114 Å². The molecule has 0 unspecified atom stereocenters. The van der Waals surface area contributed by atoms with Crippen molar-refractivity contribution in [3.05, 3.63) is 88.2 Å². The van der Waals surface area contributed by atoms with Gasteiger partial charge in [0.05, 0.1) is 23.3 Å². The summed E-state index contributed by atoms with van der Waals surface area (Å²) in [6.07, 6.45) is 1.63. The average molecular weight is 531 g/mol. The monoisotopic (exact) mass is 530 g/mol. The summed E-state index contributed by atoms with van der Waals surface area (Å²) in [6, 6.07) is 17.1. The standard InChI is InChI=1S/C28H27ClN6O3/c1-17(2)38-23-14-18(15-30)5-10-21(23)27-33-25(19-6-8-20(29)9-7-19)26(22-4-3-11-31-22)35(27)28(37)34-13-12-32-24(36)16-34/h3-11,14,17,25-26,31H,12-13,16H2,1-2H3,(H,32,36)/t25-,26+/m0/s1. The van der Waals surface area contributed by atoms with E-state index in [0.717, 1.165) is 11.3 Å². The summed E-state index contributed by atoms with van der Waals surface area (Å²) in [5, 5.41) is 12.9. The zero-order valence-corrected chi connectivity index (χ0v) is 21.8. The molecule has 0 aliphatic carbocycles. The first kappa shape index (κ1) is 25.4. The lowest BCUT2D eigenvalue weighted by Gasteiger charge is -2.35. The number of benzene rings is 2. The number of nitrogens with zero attached hydrogens (tertiary/aromatic N) is 4. The molecule has 1 fully saturated rings. The Morgan fingerprint density at radius 2 is 2.00 bits per heavy atom. The van der Waals surface area contributed by atoms with E-state index >= 15 is 0 Å². The summed E-state index contributed by atoms with van der Waals surface area (Å²) in [5.41, 5.74) is 2.68. The molecule has 38 heavy (non-hydrogen) atoms. The van der Waals surface area contributed by atoms with Gasteiger partial charge in [-0.3, -0.25) is 14.7 Å². The summed E-state index contributed by atoms with van der Waals surface area (Å²) >= 11 is 6.18. The van der Waals surface area contributed by atoms with Gasteiger partial charge in [0.1, 0.15) is 30.2 Å². The van der Waals surface area contributed by atoms with Crippen LogP contribution in [0.4, 0.5) is 4.79 Å². The molecule has 2 aliphatic heterocycles. The van der Waals surface area contributed by atoms with Crippen LogP contribution in [0, 0.1) is 11.3 Å². The highest BCUT2D eigenvalue weighted by molar-refractivity contribution is 6.30. The van der Waals surface area contributed by atoms with E-state index in [2.05, 4.69) is 16.4 Å². The molecule has 9 nitrogen and oxygen atoms in total. The van der Waals surface area contributed by atoms with Gasteiger partial charge in [-0.1, -0.05) is 23.7 Å². The Morgan fingerprint density at radius 3 is 2.66 bits per heavy atom. The number of aliphatic imine (C=N–C) groups is 1. The van der Waals surface area contributed by atoms with Gasteiger partial charge in [-0.2, -0.15) is 5.26 Å². The van der Waals surface area contributed by atoms with Crippen LogP contribution in [-0.4, -0.2) is 58.3 Å². The van der Waals surface area contributed by atoms with Crippen LogP contribution in [0.2, 0.25) is 5.02 Å². The van der Waals surface area contributed by atoms with Crippen molar-refractivity contribution in [1.82, 2.24) is 20.1 Å². The molecule has 2 aromatic carbocycles. The first-order valence-electron chi connectivity index (χ1n) is 12.4. The van der Waals surface area contributed by atoms with Crippen molar-refractivity contribution in [1.29, 1.82) is 5.26 Å². The highest BCUT2D eigenvalue weighted by atomic mass is 35.5. The van der Waals surface area contributed by atoms with Crippen LogP contribution in [0.25, 0.3) is 0 Å². The summed E-state index contributed by atoms with van der Waals surface area (Å²) in [5.74, 6) is 0.643. The molecule has 3 aromatic rings. The van der Waals surface area contributed by atoms with Crippen molar-refractivity contribution < 1.29 is 14.3 Å². The second-order valence-electron chi connectivity index (χ2n) is 9.43. The van der Waals surface area contributed by atoms with Crippen LogP contribution >= 0.6 is 11.6 Å². The smallest absolute Gasteiger partial charge is 0.326 e. The molecule has 5 rings (SSSR count). The van der Waals surface area contributed by atoms with Crippen molar-refractivity contribution in [3.63, 3.8) is 0 Å². The third-order valence-corrected chi connectivity index (χ3v) is 6.70. The number of hydrogen-bond donors (Lipinski definition) is 2. The minimum Gasteiger partial charge on any atom is -0.490 e. The number of amides is 3. The Balaban J connectivity index is 1.69. The number of rotatable bonds is 5. The van der Waals surface area contributed by atoms with E-state index < -0.39 is 12.1 Å². The maximum atomic E-state index is 14.2. The van der Waals surface area contributed by atoms with Crippen LogP contribution in [0.15, 0.2) is 65.8 Å². The van der Waals surface area contributed by atoms with Crippen molar-refractivity contribution in [3.8, 4) is 11.8 Å². The Labute approximate surface area is 225 Å². The first-order valence-corrected chi connectivity index (χ1v) is 12.8. The third-order valence-electron chi connectivity index (χ3n) is 6.45. The number of nitrogens with one attached hydrogen (secondary N) is 2. The second kappa shape index (κ2) is 10.6. The summed E-state index contributed by atoms with van der Waals surface area (Å²) in [4.78, 5) is 37.9. The molecule has 0 saturated carbocycles. The number of carbonyl (C=O) groups excluding carboxylic acids is 2. The Hall–Kier alpha value is -4.29. The lowest BCUT2D eigenvalue weighted by Crippen LogP contribution is -2.55. The predicted octanol–water partition coefficient (Wildman–Crippen LogP) is 4.42. The van der Waals surface area contributed by atoms with Gasteiger partial charge in [-0.05, 0) is 61.9 Å². The van der Waals surface area contributed by atoms with Crippen LogP contribution in [0.5, 0.6) is 5.75 Å². The summed E-state index contributed by atoms with van der Waals surface area (Å²) in [7, 11) is 0. The fourth-order valence-electron chi connectivity index (χ4n) is 4.78. The Morgan fingerprint density at radius 1 is 1.21 bits per heavy atom. The molecule has 3 heterocycles. The van der Waals surface area contributed by atoms with E-state index in [1.54, 1.807) is 41.4 Å². The molecule has 2 aliphatic rings. The minimum absolute atomic E-state index is 0.0472. The number of H-pyrrole nitrogens is 1. The zero-order chi connectivity index (χ0) is 26.8. The van der Waals surface area contributed by atoms with Crippen LogP contribution in [0.3, 0.4) is 0 Å². The van der Waals surface area contributed by atoms with Gasteiger partial charge in [0.25, 0.3) is 0 Å². The lowest BCUT2D eigenvalue weighted by atomic mass is 9.97. The number of ether oxygens (including phenoxy) is 1. The molecule has 0 spiro atoms. The fraction of sp³-hybridized carbons (Fsp3) is 0.286. The molecule has 10 heteroatoms. The Bertz CT molecular complexity index is 1410. The second-order valence-corrected chi connectivity index (χ2v) is 9.87. The van der Waals surface area contributed by atoms with Crippen molar-refractivity contribution >= 4 is 29.4 Å². The van der Waals surface area contributed by atoms with Gasteiger partial charge >= 0.3 is 6.03 Å². The molecule has 1 aromatic heterocycles. The molecule has 2 atom stereocenters. The highest BCUT2D eigenvalue weighted by Gasteiger charge is 2.45. The number of hydrogen-bond acceptors (Lipinski definition) is 5. The largest absolute Gasteiger partial charge is 0.490 e. The number of carbonyl (C=O) groups is 2. The van der Waals surface area contributed by atoms with Gasteiger partial charge in [-0.15, -0.1) is 0 Å². The molecular weight excluding hydrogens is 504 g/mol. The number of amidine groups is 1. The van der Waals surface area contributed by atoms with Gasteiger partial charge in [0.2, 0.25) is 5.91 Å². The van der Waals surface area contributed by atoms with Gasteiger partial charge in [0.15, 0.2) is 0 Å². The van der Waals surface area contributed by atoms with Gasteiger partial charge < -0.3 is 19.9 Å². The number of halogens is 1. The normalized spacial score (nSPS) is 19.2. The van der Waals surface area contributed by atoms with Crippen LogP contribution in [-0.2, 0) is 4.79 Å². The molecule has 0 radical (unpaired) electrons. The van der Waals surface area contributed by atoms with E-state index in [-0.39, 0.29) is 24.6 Å². The van der Waals surface area contributed by atoms with E-state index in [9.17, 15) is 14.9 Å². The third kappa shape index (κ3) is 4.95. The van der Waals surface area contributed by atoms with E-state index in [1.165, 1.54) is 4.90 Å². The number of aromatic nitrogens is 1. The van der Waals surface area contributed by atoms with Crippen LogP contribution in [0.1, 0.15) is 48.3 Å². The zero-order valence-electron chi connectivity index (χ0n) is 21.0. The average Bonchev–Trinajstić information content (AvgIpc) is 3.56. The van der Waals surface area contributed by atoms with Gasteiger partial charge in [0, 0.05) is 30.0 Å². The maximum absolute atomic E-state index is 14.2. The predicted molar refractivity (Wildman–Crippen MR) is 143 cm³/mol. The molecular formula is C28H27ClN6O3. The first-order chi connectivity index (χ1) is 18.4. The number of piperazine rings is 1. The number of nitriles is 1. The number of urea groups is 1. The highest BCUT2D eigenvalue weighted by Crippen LogP contribution is 2.45. The van der Waals surface area contributed by atoms with E-state index in [0.29, 0.717) is 40.8 Å². The molecule has 194 valence electrons. The molecule has 3 amide bonds. The molecule has 0 bridgehead atoms. The quantitative estimate of drug-likeness (QED) is 0.508. The molecule has 2 N–H and O–H groups in total. The van der Waals surface area contributed by atoms with Gasteiger partial charge in [-0.25, -0.2) is 4.79 Å². The minimum atomic E-state index is -0.527. The fourth-order valence-corrected chi connectivity index (χ4v) is 4.91. The van der Waals surface area contributed by atoms with Crippen molar-refractivity contribution in [2.24, 2.45) is 4.99 Å². The van der Waals surface area contributed by atoms with E-state index in [1.807, 2.05) is 38.1 Å². The Kier molecular flexibility index (Phi) is 7.07. The van der Waals surface area contributed by atoms with Crippen molar-refractivity contribution in [2.45, 2.75) is 32.0 Å². The lowest BCUT2D eigenvalue weighted by molar-refractivity contribution is -0.123. The summed E-state index contributed by atoms with van der Waals surface area (Å²) < 4.78 is 6.10.